The maximum atomic E-state index is 3.64. The minimum atomic E-state index is 0. The first kappa shape index (κ1) is 15.8. The van der Waals surface area contributed by atoms with Gasteiger partial charge in [-0.2, -0.15) is 5.92 Å². The molecule has 34 valence electrons. The maximum Gasteiger partial charge on any atom is 1.00 e. The van der Waals surface area contributed by atoms with Crippen LogP contribution in [0.15, 0.2) is 0 Å². The predicted octanol–water partition coefficient (Wildman–Crippen LogP) is -1.10. The summed E-state index contributed by atoms with van der Waals surface area (Å²) in [6.07, 6.45) is 0. The van der Waals surface area contributed by atoms with Gasteiger partial charge in [-0.05, 0) is 0 Å². The summed E-state index contributed by atoms with van der Waals surface area (Å²) in [7, 11) is 0. The van der Waals surface area contributed by atoms with Gasteiger partial charge in [0.15, 0.2) is 0 Å². The topological polar surface area (TPSA) is 0 Å². The molecule has 0 aliphatic carbocycles. The van der Waals surface area contributed by atoms with Crippen LogP contribution in [0.25, 0.3) is 0 Å². The zero-order valence-corrected chi connectivity index (χ0v) is 5.51. The van der Waals surface area contributed by atoms with Gasteiger partial charge in [0.1, 0.15) is 0 Å². The van der Waals surface area contributed by atoms with Crippen molar-refractivity contribution in [3.8, 4) is 0 Å². The molecule has 0 N–H and O–H groups in total. The normalized spacial score (nSPS) is 6.00. The van der Waals surface area contributed by atoms with E-state index in [1.165, 1.54) is 0 Å². The largest absolute Gasteiger partial charge is 1.00 e. The Morgan fingerprint density at radius 1 is 1.33 bits per heavy atom. The molecule has 0 rings (SSSR count). The molecule has 0 aliphatic rings. The third kappa shape index (κ3) is 93.8. The summed E-state index contributed by atoms with van der Waals surface area (Å²) in [5.41, 5.74) is 0. The van der Waals surface area contributed by atoms with Gasteiger partial charge in [-0.3, -0.25) is 0 Å². The van der Waals surface area contributed by atoms with Crippen molar-refractivity contribution >= 4 is 12.4 Å². The van der Waals surface area contributed by atoms with E-state index in [0.717, 1.165) is 0 Å². The van der Waals surface area contributed by atoms with E-state index in [2.05, 4.69) is 20.8 Å². The van der Waals surface area contributed by atoms with Crippen molar-refractivity contribution < 1.29 is 18.9 Å². The van der Waals surface area contributed by atoms with Crippen LogP contribution < -0.4 is 18.9 Å². The summed E-state index contributed by atoms with van der Waals surface area (Å²) >= 11 is 0. The van der Waals surface area contributed by atoms with Crippen molar-refractivity contribution in [3.63, 3.8) is 0 Å². The zero-order chi connectivity index (χ0) is 3.58. The molecule has 0 spiro atoms. The molecule has 0 nitrogen and oxygen atoms in total. The van der Waals surface area contributed by atoms with Crippen LogP contribution in [0.4, 0.5) is 0 Å². The van der Waals surface area contributed by atoms with Crippen molar-refractivity contribution in [2.75, 3.05) is 0 Å². The Morgan fingerprint density at radius 2 is 1.33 bits per heavy atom. The molecule has 0 saturated carbocycles. The second-order valence-electron chi connectivity index (χ2n) is 1.39. The second kappa shape index (κ2) is 9.31. The standard InChI is InChI=1S/C4H9.ClH.Li/c1-4(2)3;;/h4H,1H2,2-3H3;1H;/q-1;;+1. The Hall–Kier alpha value is 0.887. The molecule has 0 saturated heterocycles. The van der Waals surface area contributed by atoms with E-state index in [1.807, 2.05) is 0 Å². The monoisotopic (exact) mass is 100 g/mol. The van der Waals surface area contributed by atoms with Crippen LogP contribution >= 0.6 is 12.4 Å². The fourth-order valence-corrected chi connectivity index (χ4v) is 0. The predicted molar refractivity (Wildman–Crippen MR) is 27.4 cm³/mol. The summed E-state index contributed by atoms with van der Waals surface area (Å²) in [4.78, 5) is 0. The molecular weight excluding hydrogens is 90.4 g/mol. The molecule has 0 aromatic heterocycles. The first-order valence-corrected chi connectivity index (χ1v) is 1.56. The Labute approximate surface area is 58.3 Å². The van der Waals surface area contributed by atoms with E-state index >= 15 is 0 Å². The van der Waals surface area contributed by atoms with Gasteiger partial charge in [0.2, 0.25) is 0 Å². The summed E-state index contributed by atoms with van der Waals surface area (Å²) in [6.45, 7) is 7.75. The number of halogens is 1. The fourth-order valence-electron chi connectivity index (χ4n) is 0. The maximum absolute atomic E-state index is 3.64. The van der Waals surface area contributed by atoms with Crippen LogP contribution in [0.3, 0.4) is 0 Å². The molecule has 0 bridgehead atoms. The van der Waals surface area contributed by atoms with E-state index in [1.54, 1.807) is 0 Å². The molecule has 0 aromatic carbocycles. The smallest absolute Gasteiger partial charge is 0.341 e. The molecular formula is C4H10ClLi. The van der Waals surface area contributed by atoms with Gasteiger partial charge in [-0.1, -0.05) is 13.8 Å². The second-order valence-corrected chi connectivity index (χ2v) is 1.39. The molecule has 6 heavy (non-hydrogen) atoms. The van der Waals surface area contributed by atoms with Gasteiger partial charge >= 0.3 is 18.9 Å². The number of hydrogen-bond donors (Lipinski definition) is 0. The van der Waals surface area contributed by atoms with Crippen molar-refractivity contribution in [1.82, 2.24) is 0 Å². The van der Waals surface area contributed by atoms with E-state index in [-0.39, 0.29) is 31.3 Å². The first-order valence-electron chi connectivity index (χ1n) is 1.56. The molecule has 0 amide bonds. The zero-order valence-electron chi connectivity index (χ0n) is 4.69. The molecule has 0 aromatic rings. The van der Waals surface area contributed by atoms with Gasteiger partial charge < -0.3 is 6.92 Å². The minimum absolute atomic E-state index is 0. The van der Waals surface area contributed by atoms with E-state index in [0.29, 0.717) is 5.92 Å². The fraction of sp³-hybridized carbons (Fsp3) is 0.750. The van der Waals surface area contributed by atoms with Crippen LogP contribution in [-0.4, -0.2) is 0 Å². The van der Waals surface area contributed by atoms with Crippen LogP contribution in [0.1, 0.15) is 13.8 Å². The van der Waals surface area contributed by atoms with Gasteiger partial charge in [0.05, 0.1) is 0 Å². The Bertz CT molecular complexity index is 12.3. The number of hydrogen-bond acceptors (Lipinski definition) is 0. The van der Waals surface area contributed by atoms with Gasteiger partial charge in [0, 0.05) is 0 Å². The molecule has 2 heteroatoms. The molecule has 0 fully saturated rings. The SMILES string of the molecule is Cl.[CH2-]C(C)C.[Li+]. The van der Waals surface area contributed by atoms with Gasteiger partial charge in [-0.15, -0.1) is 12.4 Å². The molecule has 0 radical (unpaired) electrons. The quantitative estimate of drug-likeness (QED) is 0.268. The van der Waals surface area contributed by atoms with E-state index in [4.69, 9.17) is 0 Å². The van der Waals surface area contributed by atoms with Crippen molar-refractivity contribution in [2.24, 2.45) is 5.92 Å². The summed E-state index contributed by atoms with van der Waals surface area (Å²) in [6, 6.07) is 0. The van der Waals surface area contributed by atoms with Crippen molar-refractivity contribution in [2.45, 2.75) is 13.8 Å². The average Bonchev–Trinajstić information content (AvgIpc) is 0.811. The van der Waals surface area contributed by atoms with E-state index in [9.17, 15) is 0 Å². The third-order valence-corrected chi connectivity index (χ3v) is 0. The summed E-state index contributed by atoms with van der Waals surface area (Å²) in [5.74, 6) is 0.583. The Balaban J connectivity index is -0.0000000450. The van der Waals surface area contributed by atoms with Gasteiger partial charge in [0.25, 0.3) is 0 Å². The van der Waals surface area contributed by atoms with Crippen LogP contribution in [-0.2, 0) is 0 Å². The van der Waals surface area contributed by atoms with Crippen molar-refractivity contribution in [3.05, 3.63) is 6.92 Å². The molecule has 0 heterocycles. The molecule has 0 unspecified atom stereocenters. The van der Waals surface area contributed by atoms with Crippen LogP contribution in [0.2, 0.25) is 0 Å². The number of rotatable bonds is 0. The Kier molecular flexibility index (Phi) is 24.5. The summed E-state index contributed by atoms with van der Waals surface area (Å²) in [5, 5.41) is 0. The molecule has 0 atom stereocenters. The van der Waals surface area contributed by atoms with E-state index < -0.39 is 0 Å². The average molecular weight is 101 g/mol. The van der Waals surface area contributed by atoms with Crippen LogP contribution in [0.5, 0.6) is 0 Å². The summed E-state index contributed by atoms with van der Waals surface area (Å²) < 4.78 is 0. The first-order chi connectivity index (χ1) is 1.73. The third-order valence-electron chi connectivity index (χ3n) is 0. The minimum Gasteiger partial charge on any atom is -0.341 e. The molecule has 0 aliphatic heterocycles. The van der Waals surface area contributed by atoms with Crippen LogP contribution in [0, 0.1) is 12.8 Å². The van der Waals surface area contributed by atoms with Gasteiger partial charge in [-0.25, -0.2) is 0 Å². The Morgan fingerprint density at radius 3 is 1.33 bits per heavy atom. The van der Waals surface area contributed by atoms with Crippen molar-refractivity contribution in [1.29, 1.82) is 0 Å².